The van der Waals surface area contributed by atoms with Crippen LogP contribution in [0.25, 0.3) is 11.5 Å². The van der Waals surface area contributed by atoms with Gasteiger partial charge in [-0.25, -0.2) is 4.98 Å². The second kappa shape index (κ2) is 8.17. The third-order valence-corrected chi connectivity index (χ3v) is 4.74. The van der Waals surface area contributed by atoms with Crippen molar-refractivity contribution in [1.29, 1.82) is 0 Å². The molecule has 1 aliphatic heterocycles. The Kier molecular flexibility index (Phi) is 5.28. The normalized spacial score (nSPS) is 15.1. The monoisotopic (exact) mass is 393 g/mol. The average molecular weight is 393 g/mol. The van der Waals surface area contributed by atoms with E-state index in [0.717, 1.165) is 16.9 Å². The molecule has 2 aromatic heterocycles. The van der Waals surface area contributed by atoms with Gasteiger partial charge in [-0.15, -0.1) is 0 Å². The summed E-state index contributed by atoms with van der Waals surface area (Å²) in [7, 11) is 3.54. The Balaban J connectivity index is 1.36. The lowest BCUT2D eigenvalue weighted by molar-refractivity contribution is -0.120. The van der Waals surface area contributed by atoms with Gasteiger partial charge in [0.1, 0.15) is 12.8 Å². The molecule has 0 saturated carbocycles. The van der Waals surface area contributed by atoms with Crippen LogP contribution in [0.1, 0.15) is 5.69 Å². The van der Waals surface area contributed by atoms with Crippen molar-refractivity contribution in [2.75, 3.05) is 31.6 Å². The van der Waals surface area contributed by atoms with Crippen LogP contribution in [0, 0.1) is 0 Å². The highest BCUT2D eigenvalue weighted by Crippen LogP contribution is 2.18. The number of carbonyl (C=O) groups excluding carboxylic acids is 1. The smallest absolute Gasteiger partial charge is 0.246 e. The topological polar surface area (TPSA) is 91.8 Å². The Labute approximate surface area is 168 Å². The molecule has 1 saturated heterocycles. The molecule has 0 atom stereocenters. The number of aromatic nitrogens is 3. The molecule has 9 heteroatoms. The highest BCUT2D eigenvalue weighted by molar-refractivity contribution is 5.98. The Morgan fingerprint density at radius 3 is 2.79 bits per heavy atom. The molecule has 29 heavy (non-hydrogen) atoms. The molecule has 9 nitrogen and oxygen atoms in total. The van der Waals surface area contributed by atoms with Gasteiger partial charge in [-0.2, -0.15) is 5.10 Å². The van der Waals surface area contributed by atoms with Gasteiger partial charge in [0, 0.05) is 38.9 Å². The van der Waals surface area contributed by atoms with Crippen LogP contribution in [0.15, 0.2) is 58.4 Å². The number of piperazine rings is 1. The third kappa shape index (κ3) is 4.13. The summed E-state index contributed by atoms with van der Waals surface area (Å²) in [6.07, 6.45) is 5.18. The van der Waals surface area contributed by atoms with Crippen molar-refractivity contribution in [3.8, 4) is 11.5 Å². The SMILES string of the molecule is CN=C(NCc1coc(-c2ccccc2)n1)N1CCN(c2cnn(C)c2)C(=O)C1. The lowest BCUT2D eigenvalue weighted by Crippen LogP contribution is -2.55. The molecule has 0 unspecified atom stereocenters. The van der Waals surface area contributed by atoms with Crippen molar-refractivity contribution in [3.63, 3.8) is 0 Å². The van der Waals surface area contributed by atoms with Crippen molar-refractivity contribution in [1.82, 2.24) is 25.0 Å². The highest BCUT2D eigenvalue weighted by Gasteiger charge is 2.27. The fourth-order valence-electron chi connectivity index (χ4n) is 3.28. The van der Waals surface area contributed by atoms with Crippen LogP contribution in [-0.4, -0.2) is 58.2 Å². The maximum Gasteiger partial charge on any atom is 0.246 e. The van der Waals surface area contributed by atoms with Crippen LogP contribution < -0.4 is 10.2 Å². The van der Waals surface area contributed by atoms with E-state index in [0.29, 0.717) is 31.5 Å². The Hall–Kier alpha value is -3.62. The molecule has 3 aromatic rings. The molecular weight excluding hydrogens is 370 g/mol. The van der Waals surface area contributed by atoms with Gasteiger partial charge in [0.05, 0.1) is 24.1 Å². The standard InChI is InChI=1S/C20H23N7O2/c1-21-20(22-10-16-14-29-19(24-16)15-6-4-3-5-7-15)26-8-9-27(18(28)13-26)17-11-23-25(2)12-17/h3-7,11-12,14H,8-10,13H2,1-2H3,(H,21,22). The van der Waals surface area contributed by atoms with Gasteiger partial charge in [0.15, 0.2) is 5.96 Å². The predicted octanol–water partition coefficient (Wildman–Crippen LogP) is 1.50. The zero-order valence-corrected chi connectivity index (χ0v) is 16.4. The van der Waals surface area contributed by atoms with E-state index in [1.165, 1.54) is 0 Å². The number of anilines is 1. The maximum absolute atomic E-state index is 12.6. The van der Waals surface area contributed by atoms with Crippen molar-refractivity contribution in [2.24, 2.45) is 12.0 Å². The van der Waals surface area contributed by atoms with Gasteiger partial charge < -0.3 is 19.5 Å². The molecule has 4 rings (SSSR count). The first-order valence-electron chi connectivity index (χ1n) is 9.38. The minimum Gasteiger partial charge on any atom is -0.444 e. The lowest BCUT2D eigenvalue weighted by atomic mass is 10.2. The largest absolute Gasteiger partial charge is 0.444 e. The summed E-state index contributed by atoms with van der Waals surface area (Å²) in [6, 6.07) is 9.75. The Morgan fingerprint density at radius 2 is 2.10 bits per heavy atom. The first-order chi connectivity index (χ1) is 14.1. The number of hydrogen-bond donors (Lipinski definition) is 1. The van der Waals surface area contributed by atoms with Gasteiger partial charge >= 0.3 is 0 Å². The summed E-state index contributed by atoms with van der Waals surface area (Å²) in [4.78, 5) is 25.1. The number of aryl methyl sites for hydroxylation is 1. The fourth-order valence-corrected chi connectivity index (χ4v) is 3.28. The van der Waals surface area contributed by atoms with Gasteiger partial charge in [-0.05, 0) is 12.1 Å². The summed E-state index contributed by atoms with van der Waals surface area (Å²) >= 11 is 0. The van der Waals surface area contributed by atoms with Crippen LogP contribution in [0.2, 0.25) is 0 Å². The first-order valence-corrected chi connectivity index (χ1v) is 9.38. The number of rotatable bonds is 4. The Morgan fingerprint density at radius 1 is 1.28 bits per heavy atom. The molecule has 0 radical (unpaired) electrons. The van der Waals surface area contributed by atoms with Gasteiger partial charge in [0.25, 0.3) is 0 Å². The molecule has 0 spiro atoms. The van der Waals surface area contributed by atoms with E-state index in [2.05, 4.69) is 20.4 Å². The number of guanidine groups is 1. The molecule has 1 aliphatic rings. The number of hydrogen-bond acceptors (Lipinski definition) is 5. The zero-order chi connectivity index (χ0) is 20.2. The molecule has 0 aliphatic carbocycles. The third-order valence-electron chi connectivity index (χ3n) is 4.74. The second-order valence-electron chi connectivity index (χ2n) is 6.75. The van der Waals surface area contributed by atoms with Crippen molar-refractivity contribution in [2.45, 2.75) is 6.54 Å². The maximum atomic E-state index is 12.6. The quantitative estimate of drug-likeness (QED) is 0.534. The predicted molar refractivity (Wildman–Crippen MR) is 109 cm³/mol. The Bertz CT molecular complexity index is 1010. The van der Waals surface area contributed by atoms with E-state index in [-0.39, 0.29) is 12.5 Å². The molecule has 0 bridgehead atoms. The van der Waals surface area contributed by atoms with Crippen molar-refractivity contribution >= 4 is 17.6 Å². The summed E-state index contributed by atoms with van der Waals surface area (Å²) in [5.74, 6) is 1.26. The number of nitrogens with one attached hydrogen (secondary N) is 1. The first kappa shape index (κ1) is 18.7. The van der Waals surface area contributed by atoms with Crippen LogP contribution >= 0.6 is 0 Å². The number of amides is 1. The van der Waals surface area contributed by atoms with E-state index in [4.69, 9.17) is 4.42 Å². The molecule has 1 N–H and O–H groups in total. The van der Waals surface area contributed by atoms with Crippen molar-refractivity contribution < 1.29 is 9.21 Å². The van der Waals surface area contributed by atoms with Gasteiger partial charge in [0.2, 0.25) is 11.8 Å². The van der Waals surface area contributed by atoms with E-state index in [1.807, 2.05) is 48.5 Å². The van der Waals surface area contributed by atoms with E-state index >= 15 is 0 Å². The number of aliphatic imine (C=N–C) groups is 1. The van der Waals surface area contributed by atoms with E-state index in [1.54, 1.807) is 29.1 Å². The fraction of sp³-hybridized carbons (Fsp3) is 0.300. The molecule has 1 amide bonds. The summed E-state index contributed by atoms with van der Waals surface area (Å²) in [6.45, 7) is 1.96. The lowest BCUT2D eigenvalue weighted by Gasteiger charge is -2.35. The van der Waals surface area contributed by atoms with Crippen LogP contribution in [0.5, 0.6) is 0 Å². The highest BCUT2D eigenvalue weighted by atomic mass is 16.3. The van der Waals surface area contributed by atoms with Crippen LogP contribution in [0.3, 0.4) is 0 Å². The van der Waals surface area contributed by atoms with Gasteiger partial charge in [-0.1, -0.05) is 18.2 Å². The van der Waals surface area contributed by atoms with E-state index < -0.39 is 0 Å². The van der Waals surface area contributed by atoms with Crippen LogP contribution in [-0.2, 0) is 18.4 Å². The number of carbonyl (C=O) groups is 1. The number of nitrogens with zero attached hydrogens (tertiary/aromatic N) is 6. The summed E-state index contributed by atoms with van der Waals surface area (Å²) < 4.78 is 7.26. The average Bonchev–Trinajstić information content (AvgIpc) is 3.38. The summed E-state index contributed by atoms with van der Waals surface area (Å²) in [5.41, 5.74) is 2.52. The number of oxazole rings is 1. The number of benzene rings is 1. The second-order valence-corrected chi connectivity index (χ2v) is 6.75. The molecule has 1 fully saturated rings. The van der Waals surface area contributed by atoms with E-state index in [9.17, 15) is 4.79 Å². The minimum atomic E-state index is 0.0139. The zero-order valence-electron chi connectivity index (χ0n) is 16.4. The van der Waals surface area contributed by atoms with Crippen LogP contribution in [0.4, 0.5) is 5.69 Å². The molecule has 3 heterocycles. The van der Waals surface area contributed by atoms with Crippen molar-refractivity contribution in [3.05, 3.63) is 54.7 Å². The minimum absolute atomic E-state index is 0.0139. The molecule has 1 aromatic carbocycles. The molecular formula is C20H23N7O2. The summed E-state index contributed by atoms with van der Waals surface area (Å²) in [5, 5.41) is 7.41. The molecule has 150 valence electrons. The van der Waals surface area contributed by atoms with Gasteiger partial charge in [-0.3, -0.25) is 14.5 Å².